The van der Waals surface area contributed by atoms with Crippen molar-refractivity contribution in [3.63, 3.8) is 0 Å². The van der Waals surface area contributed by atoms with Crippen LogP contribution < -0.4 is 15.1 Å². The van der Waals surface area contributed by atoms with Crippen molar-refractivity contribution < 1.29 is 14.4 Å². The highest BCUT2D eigenvalue weighted by molar-refractivity contribution is 7.17. The van der Waals surface area contributed by atoms with Crippen LogP contribution in [-0.2, 0) is 6.42 Å². The van der Waals surface area contributed by atoms with E-state index in [1.54, 1.807) is 53.9 Å². The first-order valence-electron chi connectivity index (χ1n) is 14.7. The molecule has 42 heavy (non-hydrogen) atoms. The molecule has 3 aliphatic rings. The van der Waals surface area contributed by atoms with E-state index in [1.807, 2.05) is 35.2 Å². The van der Waals surface area contributed by atoms with E-state index in [-0.39, 0.29) is 17.6 Å². The summed E-state index contributed by atoms with van der Waals surface area (Å²) in [6.45, 7) is 2.33. The zero-order valence-corrected chi connectivity index (χ0v) is 24.2. The molecule has 1 saturated heterocycles. The maximum absolute atomic E-state index is 13.8. The second-order valence-electron chi connectivity index (χ2n) is 11.4. The van der Waals surface area contributed by atoms with Gasteiger partial charge in [-0.3, -0.25) is 14.4 Å². The molecule has 4 heterocycles. The quantitative estimate of drug-likeness (QED) is 0.243. The van der Waals surface area contributed by atoms with Crippen molar-refractivity contribution >= 4 is 46.1 Å². The van der Waals surface area contributed by atoms with Crippen molar-refractivity contribution in [1.29, 1.82) is 0 Å². The molecule has 1 N–H and O–H groups in total. The van der Waals surface area contributed by atoms with Gasteiger partial charge in [0.2, 0.25) is 0 Å². The molecule has 0 unspecified atom stereocenters. The van der Waals surface area contributed by atoms with Gasteiger partial charge in [-0.1, -0.05) is 18.2 Å². The first-order valence-corrected chi connectivity index (χ1v) is 15.6. The second-order valence-corrected chi connectivity index (χ2v) is 12.4. The normalized spacial score (nSPS) is 16.0. The molecule has 2 amide bonds. The molecule has 212 valence electrons. The van der Waals surface area contributed by atoms with Gasteiger partial charge in [0.05, 0.1) is 16.1 Å². The topological polar surface area (TPSA) is 82.6 Å². The summed E-state index contributed by atoms with van der Waals surface area (Å²) >= 11 is 1.56. The highest BCUT2D eigenvalue weighted by Gasteiger charge is 2.30. The SMILES string of the molecule is O=C(CC1CC1)c1cc2c(s1)-c1ccccc1N(C(=O)c1ccc(NC(=O)c3cccnc3N3CCCC3)cc1)CC2. The van der Waals surface area contributed by atoms with Gasteiger partial charge in [0.25, 0.3) is 11.8 Å². The van der Waals surface area contributed by atoms with Gasteiger partial charge in [-0.15, -0.1) is 11.3 Å². The number of thiophene rings is 1. The molecule has 0 atom stereocenters. The number of benzene rings is 2. The van der Waals surface area contributed by atoms with Crippen molar-refractivity contribution in [3.05, 3.63) is 94.5 Å². The molecule has 2 aromatic heterocycles. The molecule has 2 fully saturated rings. The van der Waals surface area contributed by atoms with Crippen LogP contribution in [0.1, 0.15) is 68.1 Å². The average molecular weight is 577 g/mol. The Morgan fingerprint density at radius 2 is 1.71 bits per heavy atom. The molecule has 4 aromatic rings. The lowest BCUT2D eigenvalue weighted by atomic mass is 10.1. The van der Waals surface area contributed by atoms with E-state index >= 15 is 0 Å². The molecule has 0 bridgehead atoms. The Morgan fingerprint density at radius 1 is 0.929 bits per heavy atom. The number of hydrogen-bond acceptors (Lipinski definition) is 6. The lowest BCUT2D eigenvalue weighted by Crippen LogP contribution is -2.32. The van der Waals surface area contributed by atoms with Gasteiger partial charge in [-0.25, -0.2) is 4.98 Å². The van der Waals surface area contributed by atoms with Gasteiger partial charge in [0.15, 0.2) is 5.78 Å². The van der Waals surface area contributed by atoms with Gasteiger partial charge < -0.3 is 15.1 Å². The fourth-order valence-corrected chi connectivity index (χ4v) is 7.13. The molecule has 1 saturated carbocycles. The number of pyridine rings is 1. The minimum atomic E-state index is -0.216. The predicted octanol–water partition coefficient (Wildman–Crippen LogP) is 6.85. The largest absolute Gasteiger partial charge is 0.356 e. The van der Waals surface area contributed by atoms with Crippen LogP contribution in [0.5, 0.6) is 0 Å². The fraction of sp³-hybridized carbons (Fsp3) is 0.294. The third kappa shape index (κ3) is 5.23. The number of carbonyl (C=O) groups excluding carboxylic acids is 3. The number of nitrogens with one attached hydrogen (secondary N) is 1. The molecular formula is C34H32N4O3S. The van der Waals surface area contributed by atoms with E-state index in [2.05, 4.69) is 15.2 Å². The number of aromatic nitrogens is 1. The van der Waals surface area contributed by atoms with E-state index in [1.165, 1.54) is 0 Å². The third-order valence-electron chi connectivity index (χ3n) is 8.37. The van der Waals surface area contributed by atoms with Crippen LogP contribution in [0.2, 0.25) is 0 Å². The Hall–Kier alpha value is -4.30. The van der Waals surface area contributed by atoms with Crippen molar-refractivity contribution in [2.75, 3.05) is 34.8 Å². The lowest BCUT2D eigenvalue weighted by molar-refractivity contribution is 0.0974. The highest BCUT2D eigenvalue weighted by atomic mass is 32.1. The zero-order chi connectivity index (χ0) is 28.6. The number of amides is 2. The monoisotopic (exact) mass is 576 g/mol. The van der Waals surface area contributed by atoms with Crippen LogP contribution in [0.3, 0.4) is 0 Å². The number of para-hydroxylation sites is 1. The van der Waals surface area contributed by atoms with E-state index in [4.69, 9.17) is 0 Å². The summed E-state index contributed by atoms with van der Waals surface area (Å²) in [7, 11) is 0. The predicted molar refractivity (Wildman–Crippen MR) is 167 cm³/mol. The average Bonchev–Trinajstić information content (AvgIpc) is 3.51. The first kappa shape index (κ1) is 26.6. The van der Waals surface area contributed by atoms with Crippen LogP contribution in [0.4, 0.5) is 17.2 Å². The summed E-state index contributed by atoms with van der Waals surface area (Å²) in [4.78, 5) is 50.2. The molecular weight excluding hydrogens is 544 g/mol. The van der Waals surface area contributed by atoms with Gasteiger partial charge in [-0.2, -0.15) is 0 Å². The summed E-state index contributed by atoms with van der Waals surface area (Å²) in [6.07, 6.45) is 7.57. The number of hydrogen-bond donors (Lipinski definition) is 1. The smallest absolute Gasteiger partial charge is 0.259 e. The van der Waals surface area contributed by atoms with Crippen LogP contribution in [-0.4, -0.2) is 42.2 Å². The first-order chi connectivity index (χ1) is 20.5. The Kier molecular flexibility index (Phi) is 7.07. The van der Waals surface area contributed by atoms with E-state index in [9.17, 15) is 14.4 Å². The van der Waals surface area contributed by atoms with Gasteiger partial charge in [0, 0.05) is 53.9 Å². The van der Waals surface area contributed by atoms with E-state index in [0.29, 0.717) is 47.9 Å². The summed E-state index contributed by atoms with van der Waals surface area (Å²) in [6, 6.07) is 20.7. The third-order valence-corrected chi connectivity index (χ3v) is 9.62. The van der Waals surface area contributed by atoms with Gasteiger partial charge >= 0.3 is 0 Å². The van der Waals surface area contributed by atoms with Crippen molar-refractivity contribution in [2.24, 2.45) is 5.92 Å². The standard InChI is InChI=1S/C34H32N4O3S/c39-29(20-22-9-10-22)30-21-24-15-19-38(28-8-2-1-6-26(28)31(24)42-30)34(41)23-11-13-25(14-12-23)36-33(40)27-7-5-16-35-32(27)37-17-3-4-18-37/h1-2,5-8,11-14,16,21-22H,3-4,9-10,15,17-20H2,(H,36,40). The molecule has 0 radical (unpaired) electrons. The number of Topliss-reactive ketones (excluding diaryl/α,β-unsaturated/α-hetero) is 1. The van der Waals surface area contributed by atoms with Crippen molar-refractivity contribution in [2.45, 2.75) is 38.5 Å². The number of rotatable bonds is 7. The van der Waals surface area contributed by atoms with Crippen LogP contribution in [0, 0.1) is 5.92 Å². The molecule has 1 aliphatic carbocycles. The van der Waals surface area contributed by atoms with E-state index < -0.39 is 0 Å². The zero-order valence-electron chi connectivity index (χ0n) is 23.3. The molecule has 7 nitrogen and oxygen atoms in total. The van der Waals surface area contributed by atoms with Crippen LogP contribution in [0.25, 0.3) is 10.4 Å². The Labute approximate surface area is 249 Å². The molecule has 2 aliphatic heterocycles. The summed E-state index contributed by atoms with van der Waals surface area (Å²) in [5, 5.41) is 2.98. The molecule has 8 heteroatoms. The number of carbonyl (C=O) groups is 3. The van der Waals surface area contributed by atoms with E-state index in [0.717, 1.165) is 65.3 Å². The fourth-order valence-electron chi connectivity index (χ4n) is 5.93. The Bertz CT molecular complexity index is 1670. The maximum atomic E-state index is 13.8. The highest BCUT2D eigenvalue weighted by Crippen LogP contribution is 2.43. The number of ketones is 1. The minimum absolute atomic E-state index is 0.0934. The number of nitrogens with zero attached hydrogens (tertiary/aromatic N) is 3. The number of fused-ring (bicyclic) bond motifs is 3. The lowest BCUT2D eigenvalue weighted by Gasteiger charge is -2.23. The summed E-state index contributed by atoms with van der Waals surface area (Å²) in [5.74, 6) is 1.20. The van der Waals surface area contributed by atoms with Crippen LogP contribution in [0.15, 0.2) is 72.9 Å². The minimum Gasteiger partial charge on any atom is -0.356 e. The maximum Gasteiger partial charge on any atom is 0.259 e. The molecule has 0 spiro atoms. The van der Waals surface area contributed by atoms with Gasteiger partial charge in [0.1, 0.15) is 5.82 Å². The second kappa shape index (κ2) is 11.2. The molecule has 7 rings (SSSR count). The summed E-state index contributed by atoms with van der Waals surface area (Å²) < 4.78 is 0. The number of anilines is 3. The van der Waals surface area contributed by atoms with Crippen LogP contribution >= 0.6 is 11.3 Å². The Morgan fingerprint density at radius 3 is 2.50 bits per heavy atom. The van der Waals surface area contributed by atoms with Gasteiger partial charge in [-0.05, 0) is 92.1 Å². The van der Waals surface area contributed by atoms with Crippen molar-refractivity contribution in [1.82, 2.24) is 4.98 Å². The Balaban J connectivity index is 1.09. The summed E-state index contributed by atoms with van der Waals surface area (Å²) in [5.41, 5.74) is 4.69. The molecule has 2 aromatic carbocycles. The van der Waals surface area contributed by atoms with Crippen molar-refractivity contribution in [3.8, 4) is 10.4 Å².